The third kappa shape index (κ3) is 3.14. The molecule has 0 saturated carbocycles. The second-order valence-electron chi connectivity index (χ2n) is 2.42. The molecule has 1 heterocycles. The van der Waals surface area contributed by atoms with Crippen LogP contribution in [-0.2, 0) is 17.0 Å². The fourth-order valence-electron chi connectivity index (χ4n) is 1.09. The molecule has 2 rings (SSSR count). The van der Waals surface area contributed by atoms with Crippen molar-refractivity contribution in [2.75, 3.05) is 0 Å². The van der Waals surface area contributed by atoms with E-state index in [1.165, 1.54) is 0 Å². The van der Waals surface area contributed by atoms with Crippen molar-refractivity contribution in [2.45, 2.75) is 0 Å². The van der Waals surface area contributed by atoms with E-state index in [1.807, 2.05) is 18.2 Å². The monoisotopic (exact) mass is 263 g/mol. The summed E-state index contributed by atoms with van der Waals surface area (Å²) in [6.07, 6.45) is 1.67. The Balaban J connectivity index is 0.000000293. The summed E-state index contributed by atoms with van der Waals surface area (Å²) < 4.78 is 0. The third-order valence-corrected chi connectivity index (χ3v) is 1.61. The number of hydrogen-bond acceptors (Lipinski definition) is 2. The van der Waals surface area contributed by atoms with E-state index in [-0.39, 0.29) is 5.75 Å². The third-order valence-electron chi connectivity index (χ3n) is 1.61. The standard InChI is InChI=1S/C9H7NO.2ClH.Ti/c11-8-5-1-3-7-4-2-6-10-9(7)8;;;/h1-6,11H;2*1H;/q;;;+2/p-2. The zero-order valence-electron chi connectivity index (χ0n) is 7.11. The fraction of sp³-hybridized carbons (Fsp3) is 0. The number of aromatic hydroxyl groups is 1. The molecule has 1 N–H and O–H groups in total. The van der Waals surface area contributed by atoms with Crippen LogP contribution in [0, 0.1) is 0 Å². The summed E-state index contributed by atoms with van der Waals surface area (Å²) in [5.74, 6) is 0.239. The van der Waals surface area contributed by atoms with Gasteiger partial charge in [-0.2, -0.15) is 0 Å². The molecule has 0 unspecified atom stereocenters. The number of para-hydroxylation sites is 1. The van der Waals surface area contributed by atoms with Gasteiger partial charge in [-0.3, -0.25) is 4.98 Å². The van der Waals surface area contributed by atoms with Crippen molar-refractivity contribution in [3.05, 3.63) is 36.5 Å². The van der Waals surface area contributed by atoms with E-state index in [0.29, 0.717) is 5.52 Å². The van der Waals surface area contributed by atoms with Gasteiger partial charge in [-0.25, -0.2) is 0 Å². The van der Waals surface area contributed by atoms with E-state index in [4.69, 9.17) is 18.6 Å². The Morgan fingerprint density at radius 1 is 1.14 bits per heavy atom. The molecule has 5 heteroatoms. The molecule has 0 saturated heterocycles. The van der Waals surface area contributed by atoms with E-state index < -0.39 is 17.0 Å². The zero-order chi connectivity index (χ0) is 10.4. The number of phenolic OH excluding ortho intramolecular Hbond substituents is 1. The van der Waals surface area contributed by atoms with Crippen LogP contribution in [-0.4, -0.2) is 10.1 Å². The molecule has 0 spiro atoms. The van der Waals surface area contributed by atoms with Crippen LogP contribution in [0.4, 0.5) is 0 Å². The fourth-order valence-corrected chi connectivity index (χ4v) is 1.09. The average molecular weight is 264 g/mol. The number of phenols is 1. The molecule has 2 aromatic rings. The summed E-state index contributed by atoms with van der Waals surface area (Å²) in [7, 11) is 9.78. The van der Waals surface area contributed by atoms with Crippen LogP contribution in [0.5, 0.6) is 5.75 Å². The quantitative estimate of drug-likeness (QED) is 0.740. The van der Waals surface area contributed by atoms with Gasteiger partial charge in [-0.15, -0.1) is 0 Å². The van der Waals surface area contributed by atoms with E-state index in [0.717, 1.165) is 5.39 Å². The summed E-state index contributed by atoms with van der Waals surface area (Å²) in [4.78, 5) is 4.03. The minimum atomic E-state index is -0.556. The van der Waals surface area contributed by atoms with Gasteiger partial charge in [0.05, 0.1) is 0 Å². The molecule has 1 aromatic heterocycles. The van der Waals surface area contributed by atoms with Gasteiger partial charge in [-0.1, -0.05) is 18.2 Å². The van der Waals surface area contributed by atoms with Crippen LogP contribution in [0.25, 0.3) is 10.9 Å². The Labute approximate surface area is 98.5 Å². The predicted octanol–water partition coefficient (Wildman–Crippen LogP) is 3.32. The van der Waals surface area contributed by atoms with Crippen LogP contribution in [0.2, 0.25) is 0 Å². The molecule has 0 fully saturated rings. The zero-order valence-corrected chi connectivity index (χ0v) is 10.2. The summed E-state index contributed by atoms with van der Waals surface area (Å²) >= 11 is -0.556. The van der Waals surface area contributed by atoms with Crippen molar-refractivity contribution in [3.8, 4) is 5.75 Å². The van der Waals surface area contributed by atoms with Crippen molar-refractivity contribution in [2.24, 2.45) is 0 Å². The first kappa shape index (κ1) is 11.8. The maximum atomic E-state index is 9.31. The van der Waals surface area contributed by atoms with Crippen molar-refractivity contribution < 1.29 is 22.1 Å². The van der Waals surface area contributed by atoms with Crippen molar-refractivity contribution in [1.29, 1.82) is 0 Å². The molecule has 0 bridgehead atoms. The molecule has 0 aliphatic rings. The summed E-state index contributed by atoms with van der Waals surface area (Å²) in [6, 6.07) is 9.13. The molecule has 14 heavy (non-hydrogen) atoms. The summed E-state index contributed by atoms with van der Waals surface area (Å²) in [6.45, 7) is 0. The number of fused-ring (bicyclic) bond motifs is 1. The Morgan fingerprint density at radius 2 is 1.79 bits per heavy atom. The van der Waals surface area contributed by atoms with Crippen molar-refractivity contribution in [3.63, 3.8) is 0 Å². The number of hydrogen-bond donors (Lipinski definition) is 1. The van der Waals surface area contributed by atoms with Gasteiger partial charge in [0, 0.05) is 11.6 Å². The van der Waals surface area contributed by atoms with E-state index >= 15 is 0 Å². The minimum absolute atomic E-state index is 0.239. The van der Waals surface area contributed by atoms with E-state index in [1.54, 1.807) is 18.3 Å². The van der Waals surface area contributed by atoms with Gasteiger partial charge >= 0.3 is 35.6 Å². The molecule has 0 radical (unpaired) electrons. The Kier molecular flexibility index (Phi) is 5.27. The molecule has 72 valence electrons. The SMILES string of the molecule is Oc1cccc2cccnc12.[Cl][Ti][Cl]. The number of pyridine rings is 1. The number of benzene rings is 1. The second kappa shape index (κ2) is 6.25. The summed E-state index contributed by atoms with van der Waals surface area (Å²) in [5.41, 5.74) is 0.662. The van der Waals surface area contributed by atoms with Gasteiger partial charge in [0.2, 0.25) is 0 Å². The molecular formula is C9H7Cl2NOTi. The van der Waals surface area contributed by atoms with E-state index in [2.05, 4.69) is 4.98 Å². The van der Waals surface area contributed by atoms with E-state index in [9.17, 15) is 5.11 Å². The van der Waals surface area contributed by atoms with Crippen LogP contribution >= 0.6 is 18.6 Å². The molecule has 2 nitrogen and oxygen atoms in total. The molecule has 0 amide bonds. The van der Waals surface area contributed by atoms with Gasteiger partial charge in [0.1, 0.15) is 11.3 Å². The number of aromatic nitrogens is 1. The molecule has 0 aliphatic heterocycles. The average Bonchev–Trinajstić information content (AvgIpc) is 2.20. The maximum absolute atomic E-state index is 9.31. The summed E-state index contributed by atoms with van der Waals surface area (Å²) in [5, 5.41) is 10.3. The Bertz CT molecular complexity index is 405. The van der Waals surface area contributed by atoms with Crippen LogP contribution < -0.4 is 0 Å². The second-order valence-corrected chi connectivity index (χ2v) is 5.00. The first-order valence-electron chi connectivity index (χ1n) is 3.78. The topological polar surface area (TPSA) is 33.1 Å². The molecule has 0 aliphatic carbocycles. The normalized spacial score (nSPS) is 9.00. The van der Waals surface area contributed by atoms with Gasteiger partial charge in [0.25, 0.3) is 0 Å². The Hall–Kier alpha value is -0.276. The number of halogens is 2. The van der Waals surface area contributed by atoms with Crippen molar-refractivity contribution >= 4 is 29.5 Å². The van der Waals surface area contributed by atoms with Crippen LogP contribution in [0.15, 0.2) is 36.5 Å². The molecule has 1 aromatic carbocycles. The van der Waals surface area contributed by atoms with Crippen molar-refractivity contribution in [1.82, 2.24) is 4.98 Å². The van der Waals surface area contributed by atoms with Crippen LogP contribution in [0.1, 0.15) is 0 Å². The van der Waals surface area contributed by atoms with Gasteiger partial charge in [-0.05, 0) is 12.1 Å². The first-order chi connectivity index (χ1) is 6.79. The first-order valence-corrected chi connectivity index (χ1v) is 8.08. The predicted molar refractivity (Wildman–Crippen MR) is 55.1 cm³/mol. The number of rotatable bonds is 0. The Morgan fingerprint density at radius 3 is 2.43 bits per heavy atom. The molecule has 0 atom stereocenters. The van der Waals surface area contributed by atoms with Gasteiger partial charge in [0.15, 0.2) is 0 Å². The van der Waals surface area contributed by atoms with Crippen LogP contribution in [0.3, 0.4) is 0 Å². The molecular weight excluding hydrogens is 257 g/mol. The van der Waals surface area contributed by atoms with Gasteiger partial charge < -0.3 is 5.11 Å². The number of nitrogens with zero attached hydrogens (tertiary/aromatic N) is 1.